The molecule has 3 rings (SSSR count). The summed E-state index contributed by atoms with van der Waals surface area (Å²) < 4.78 is 14.0. The number of hydrogen-bond donors (Lipinski definition) is 1. The van der Waals surface area contributed by atoms with E-state index in [1.807, 2.05) is 16.8 Å². The maximum absolute atomic E-state index is 11.1. The van der Waals surface area contributed by atoms with Gasteiger partial charge >= 0.3 is 6.01 Å². The number of amides is 1. The highest BCUT2D eigenvalue weighted by Gasteiger charge is 2.13. The van der Waals surface area contributed by atoms with Crippen molar-refractivity contribution in [2.75, 3.05) is 14.2 Å². The van der Waals surface area contributed by atoms with Crippen molar-refractivity contribution in [2.24, 2.45) is 5.73 Å². The number of ether oxygens (including phenoxy) is 2. The van der Waals surface area contributed by atoms with Crippen LogP contribution in [0.15, 0.2) is 24.5 Å². The van der Waals surface area contributed by atoms with Gasteiger partial charge in [-0.05, 0) is 12.1 Å². The van der Waals surface area contributed by atoms with E-state index in [4.69, 9.17) is 15.2 Å². The molecule has 3 heterocycles. The second kappa shape index (κ2) is 5.95. The fourth-order valence-electron chi connectivity index (χ4n) is 2.27. The Morgan fingerprint density at radius 1 is 1.17 bits per heavy atom. The van der Waals surface area contributed by atoms with Crippen molar-refractivity contribution in [1.29, 1.82) is 0 Å². The van der Waals surface area contributed by atoms with Crippen molar-refractivity contribution in [1.82, 2.24) is 24.3 Å². The molecule has 0 unspecified atom stereocenters. The Morgan fingerprint density at radius 3 is 2.65 bits per heavy atom. The fourth-order valence-corrected chi connectivity index (χ4v) is 2.27. The van der Waals surface area contributed by atoms with E-state index in [-0.39, 0.29) is 11.7 Å². The molecule has 9 heteroatoms. The molecule has 2 N–H and O–H groups in total. The number of primary amides is 1. The lowest BCUT2D eigenvalue weighted by Crippen LogP contribution is -2.13. The normalized spacial score (nSPS) is 10.9. The number of rotatable bonds is 6. The number of methoxy groups -OCH3 is 2. The third-order valence-electron chi connectivity index (χ3n) is 3.40. The smallest absolute Gasteiger partial charge is 0.321 e. The molecule has 0 bridgehead atoms. The zero-order valence-electron chi connectivity index (χ0n) is 12.8. The van der Waals surface area contributed by atoms with Gasteiger partial charge in [-0.3, -0.25) is 9.48 Å². The Morgan fingerprint density at radius 2 is 2.00 bits per heavy atom. The van der Waals surface area contributed by atoms with Crippen LogP contribution in [0, 0.1) is 0 Å². The van der Waals surface area contributed by atoms with Crippen molar-refractivity contribution >= 4 is 16.9 Å². The zero-order chi connectivity index (χ0) is 16.4. The van der Waals surface area contributed by atoms with Gasteiger partial charge in [-0.1, -0.05) is 0 Å². The highest BCUT2D eigenvalue weighted by molar-refractivity contribution is 5.90. The highest BCUT2D eigenvalue weighted by Crippen LogP contribution is 2.25. The first-order valence-corrected chi connectivity index (χ1v) is 6.90. The van der Waals surface area contributed by atoms with Gasteiger partial charge in [-0.2, -0.15) is 15.1 Å². The quantitative estimate of drug-likeness (QED) is 0.706. The number of aryl methyl sites for hydroxylation is 2. The third-order valence-corrected chi connectivity index (χ3v) is 3.40. The van der Waals surface area contributed by atoms with Crippen molar-refractivity contribution in [2.45, 2.75) is 13.1 Å². The molecular weight excluding hydrogens is 300 g/mol. The van der Waals surface area contributed by atoms with E-state index in [2.05, 4.69) is 15.1 Å². The van der Waals surface area contributed by atoms with Gasteiger partial charge in [0.25, 0.3) is 5.91 Å². The minimum absolute atomic E-state index is 0.240. The molecule has 0 spiro atoms. The molecule has 0 aliphatic carbocycles. The van der Waals surface area contributed by atoms with Crippen molar-refractivity contribution in [3.05, 3.63) is 30.2 Å². The standard InChI is InChI=1S/C14H16N6O3/c1-22-13-9-3-5-19(12(9)16-14(17-13)23-2)7-8-20-6-4-10(18-20)11(15)21/h3-6H,7-8H2,1-2H3,(H2,15,21). The number of carbonyl (C=O) groups excluding carboxylic acids is 1. The summed E-state index contributed by atoms with van der Waals surface area (Å²) in [5.41, 5.74) is 6.14. The van der Waals surface area contributed by atoms with E-state index in [9.17, 15) is 4.79 Å². The third kappa shape index (κ3) is 2.80. The molecule has 120 valence electrons. The Bertz CT molecular complexity index is 853. The zero-order valence-corrected chi connectivity index (χ0v) is 12.8. The lowest BCUT2D eigenvalue weighted by atomic mass is 10.4. The van der Waals surface area contributed by atoms with Crippen LogP contribution < -0.4 is 15.2 Å². The van der Waals surface area contributed by atoms with Gasteiger partial charge in [0.15, 0.2) is 5.65 Å². The van der Waals surface area contributed by atoms with Crippen LogP contribution in [0.4, 0.5) is 0 Å². The topological polar surface area (TPSA) is 110 Å². The van der Waals surface area contributed by atoms with Crippen LogP contribution in [0.5, 0.6) is 11.9 Å². The number of carbonyl (C=O) groups is 1. The molecule has 0 aromatic carbocycles. The molecule has 0 fully saturated rings. The Kier molecular flexibility index (Phi) is 3.83. The molecule has 0 saturated heterocycles. The molecule has 1 amide bonds. The molecular formula is C14H16N6O3. The summed E-state index contributed by atoms with van der Waals surface area (Å²) >= 11 is 0. The van der Waals surface area contributed by atoms with Crippen LogP contribution in [-0.2, 0) is 13.1 Å². The summed E-state index contributed by atoms with van der Waals surface area (Å²) in [5, 5.41) is 4.90. The van der Waals surface area contributed by atoms with E-state index >= 15 is 0 Å². The number of aromatic nitrogens is 5. The van der Waals surface area contributed by atoms with Crippen molar-refractivity contribution in [3.8, 4) is 11.9 Å². The minimum Gasteiger partial charge on any atom is -0.480 e. The van der Waals surface area contributed by atoms with E-state index in [1.54, 1.807) is 24.1 Å². The first kappa shape index (κ1) is 14.8. The summed E-state index contributed by atoms with van der Waals surface area (Å²) in [7, 11) is 3.05. The lowest BCUT2D eigenvalue weighted by molar-refractivity contribution is 0.0994. The SMILES string of the molecule is COc1nc(OC)c2ccn(CCn3ccc(C(N)=O)n3)c2n1. The molecule has 0 atom stereocenters. The minimum atomic E-state index is -0.544. The Labute approximate surface area is 131 Å². The Balaban J connectivity index is 1.86. The summed E-state index contributed by atoms with van der Waals surface area (Å²) in [6.45, 7) is 1.17. The molecule has 0 aliphatic heterocycles. The molecule has 3 aromatic heterocycles. The van der Waals surface area contributed by atoms with Crippen LogP contribution in [0.2, 0.25) is 0 Å². The molecule has 0 radical (unpaired) electrons. The van der Waals surface area contributed by atoms with Crippen LogP contribution in [0.1, 0.15) is 10.5 Å². The number of nitrogens with zero attached hydrogens (tertiary/aromatic N) is 5. The molecule has 9 nitrogen and oxygen atoms in total. The van der Waals surface area contributed by atoms with E-state index in [0.717, 1.165) is 5.39 Å². The number of nitrogens with two attached hydrogens (primary N) is 1. The van der Waals surface area contributed by atoms with Gasteiger partial charge in [0, 0.05) is 18.9 Å². The molecule has 0 aliphatic rings. The lowest BCUT2D eigenvalue weighted by Gasteiger charge is -2.07. The summed E-state index contributed by atoms with van der Waals surface area (Å²) in [6, 6.07) is 3.71. The van der Waals surface area contributed by atoms with E-state index < -0.39 is 5.91 Å². The second-order valence-corrected chi connectivity index (χ2v) is 4.79. The second-order valence-electron chi connectivity index (χ2n) is 4.79. The van der Waals surface area contributed by atoms with Gasteiger partial charge in [-0.15, -0.1) is 0 Å². The van der Waals surface area contributed by atoms with Crippen LogP contribution >= 0.6 is 0 Å². The molecule has 23 heavy (non-hydrogen) atoms. The van der Waals surface area contributed by atoms with Crippen LogP contribution in [0.3, 0.4) is 0 Å². The first-order chi connectivity index (χ1) is 11.1. The maximum atomic E-state index is 11.1. The average molecular weight is 316 g/mol. The maximum Gasteiger partial charge on any atom is 0.321 e. The van der Waals surface area contributed by atoms with E-state index in [0.29, 0.717) is 24.6 Å². The van der Waals surface area contributed by atoms with Gasteiger partial charge < -0.3 is 19.8 Å². The van der Waals surface area contributed by atoms with E-state index in [1.165, 1.54) is 7.11 Å². The average Bonchev–Trinajstić information content (AvgIpc) is 3.18. The number of hydrogen-bond acceptors (Lipinski definition) is 6. The largest absolute Gasteiger partial charge is 0.480 e. The molecule has 0 saturated carbocycles. The molecule has 3 aromatic rings. The van der Waals surface area contributed by atoms with Gasteiger partial charge in [0.1, 0.15) is 5.69 Å². The number of fused-ring (bicyclic) bond motifs is 1. The van der Waals surface area contributed by atoms with Crippen LogP contribution in [0.25, 0.3) is 11.0 Å². The predicted molar refractivity (Wildman–Crippen MR) is 81.4 cm³/mol. The van der Waals surface area contributed by atoms with Gasteiger partial charge in [0.2, 0.25) is 5.88 Å². The van der Waals surface area contributed by atoms with Gasteiger partial charge in [0.05, 0.1) is 26.2 Å². The van der Waals surface area contributed by atoms with Gasteiger partial charge in [-0.25, -0.2) is 0 Å². The monoisotopic (exact) mass is 316 g/mol. The summed E-state index contributed by atoms with van der Waals surface area (Å²) in [5.74, 6) is -0.0851. The summed E-state index contributed by atoms with van der Waals surface area (Å²) in [4.78, 5) is 19.6. The predicted octanol–water partition coefficient (Wildman–Crippen LogP) is 0.444. The van der Waals surface area contributed by atoms with Crippen molar-refractivity contribution in [3.63, 3.8) is 0 Å². The highest BCUT2D eigenvalue weighted by atomic mass is 16.5. The van der Waals surface area contributed by atoms with Crippen LogP contribution in [-0.4, -0.2) is 44.4 Å². The Hall–Kier alpha value is -3.10. The summed E-state index contributed by atoms with van der Waals surface area (Å²) in [6.07, 6.45) is 3.60. The first-order valence-electron chi connectivity index (χ1n) is 6.90. The van der Waals surface area contributed by atoms with Crippen molar-refractivity contribution < 1.29 is 14.3 Å². The fraction of sp³-hybridized carbons (Fsp3) is 0.286.